The molecule has 102 valence electrons. The molecule has 0 aliphatic carbocycles. The quantitative estimate of drug-likeness (QED) is 0.293. The molecule has 4 aromatic carbocycles. The molecule has 0 nitrogen and oxygen atoms in total. The topological polar surface area (TPSA) is 0 Å². The van der Waals surface area contributed by atoms with Crippen LogP contribution in [0.2, 0.25) is 0 Å². The van der Waals surface area contributed by atoms with Crippen LogP contribution in [-0.4, -0.2) is 0 Å². The van der Waals surface area contributed by atoms with E-state index in [1.807, 2.05) is 0 Å². The van der Waals surface area contributed by atoms with Crippen LogP contribution in [0.1, 0.15) is 18.1 Å². The number of benzene rings is 4. The van der Waals surface area contributed by atoms with E-state index >= 15 is 0 Å². The first kappa shape index (κ1) is 12.4. The first-order valence-corrected chi connectivity index (χ1v) is 7.63. The van der Waals surface area contributed by atoms with Crippen molar-refractivity contribution in [2.24, 2.45) is 0 Å². The minimum Gasteiger partial charge on any atom is -0.0616 e. The summed E-state index contributed by atoms with van der Waals surface area (Å²) in [6.07, 6.45) is 1.06. The fourth-order valence-electron chi connectivity index (χ4n) is 3.63. The van der Waals surface area contributed by atoms with Crippen molar-refractivity contribution >= 4 is 32.3 Å². The molecule has 0 N–H and O–H groups in total. The summed E-state index contributed by atoms with van der Waals surface area (Å²) in [5.74, 6) is 0. The summed E-state index contributed by atoms with van der Waals surface area (Å²) in [4.78, 5) is 0. The summed E-state index contributed by atoms with van der Waals surface area (Å²) in [6, 6.07) is 22.1. The number of hydrogen-bond acceptors (Lipinski definition) is 0. The molecular weight excluding hydrogens is 252 g/mol. The minimum absolute atomic E-state index is 1.06. The highest BCUT2D eigenvalue weighted by atomic mass is 14.2. The molecule has 0 heterocycles. The Morgan fingerprint density at radius 2 is 1.33 bits per heavy atom. The molecule has 4 rings (SSSR count). The molecule has 0 aromatic heterocycles. The van der Waals surface area contributed by atoms with E-state index in [0.29, 0.717) is 0 Å². The van der Waals surface area contributed by atoms with E-state index < -0.39 is 0 Å². The van der Waals surface area contributed by atoms with Gasteiger partial charge in [0.05, 0.1) is 0 Å². The third kappa shape index (κ3) is 1.69. The maximum Gasteiger partial charge on any atom is -0.00643 e. The lowest BCUT2D eigenvalue weighted by Gasteiger charge is -2.15. The Hall–Kier alpha value is -2.34. The standard InChI is InChI=1S/C21H18/c1-3-16-20-11-7-6-9-17(20)14(2)18-13-12-15-8-4-5-10-19(15)21(16)18/h4-13H,3H2,1-2H3. The lowest BCUT2D eigenvalue weighted by Crippen LogP contribution is -1.92. The van der Waals surface area contributed by atoms with Crippen LogP contribution in [0.5, 0.6) is 0 Å². The summed E-state index contributed by atoms with van der Waals surface area (Å²) < 4.78 is 0. The highest BCUT2D eigenvalue weighted by Gasteiger charge is 2.12. The lowest BCUT2D eigenvalue weighted by molar-refractivity contribution is 1.18. The van der Waals surface area contributed by atoms with E-state index in [2.05, 4.69) is 74.5 Å². The molecule has 0 aliphatic rings. The van der Waals surface area contributed by atoms with Gasteiger partial charge in [0, 0.05) is 0 Å². The second-order valence-electron chi connectivity index (χ2n) is 5.71. The first-order chi connectivity index (χ1) is 10.3. The number of aryl methyl sites for hydroxylation is 2. The van der Waals surface area contributed by atoms with Gasteiger partial charge in [0.25, 0.3) is 0 Å². The van der Waals surface area contributed by atoms with Gasteiger partial charge in [0.15, 0.2) is 0 Å². The Balaban J connectivity index is 2.38. The van der Waals surface area contributed by atoms with Gasteiger partial charge in [-0.15, -0.1) is 0 Å². The van der Waals surface area contributed by atoms with Crippen LogP contribution < -0.4 is 0 Å². The zero-order chi connectivity index (χ0) is 14.4. The van der Waals surface area contributed by atoms with Crippen molar-refractivity contribution in [2.75, 3.05) is 0 Å². The van der Waals surface area contributed by atoms with Crippen molar-refractivity contribution in [2.45, 2.75) is 20.3 Å². The smallest absolute Gasteiger partial charge is 0.00643 e. The molecule has 21 heavy (non-hydrogen) atoms. The molecule has 0 spiro atoms. The molecular formula is C21H18. The van der Waals surface area contributed by atoms with Gasteiger partial charge in [-0.2, -0.15) is 0 Å². The van der Waals surface area contributed by atoms with Gasteiger partial charge >= 0.3 is 0 Å². The summed E-state index contributed by atoms with van der Waals surface area (Å²) in [7, 11) is 0. The van der Waals surface area contributed by atoms with Crippen LogP contribution in [0.15, 0.2) is 60.7 Å². The first-order valence-electron chi connectivity index (χ1n) is 7.63. The fourth-order valence-corrected chi connectivity index (χ4v) is 3.63. The minimum atomic E-state index is 1.06. The van der Waals surface area contributed by atoms with E-state index in [0.717, 1.165) is 6.42 Å². The normalized spacial score (nSPS) is 11.5. The molecule has 0 aliphatic heterocycles. The third-order valence-electron chi connectivity index (χ3n) is 4.64. The lowest BCUT2D eigenvalue weighted by atomic mass is 9.88. The third-order valence-corrected chi connectivity index (χ3v) is 4.64. The van der Waals surface area contributed by atoms with Crippen LogP contribution >= 0.6 is 0 Å². The summed E-state index contributed by atoms with van der Waals surface area (Å²) >= 11 is 0. The van der Waals surface area contributed by atoms with Crippen LogP contribution in [0.4, 0.5) is 0 Å². The average Bonchev–Trinajstić information content (AvgIpc) is 2.55. The van der Waals surface area contributed by atoms with Crippen LogP contribution in [0, 0.1) is 6.92 Å². The Bertz CT molecular complexity index is 977. The Morgan fingerprint density at radius 3 is 2.10 bits per heavy atom. The molecule has 0 heteroatoms. The monoisotopic (exact) mass is 270 g/mol. The van der Waals surface area contributed by atoms with Gasteiger partial charge in [-0.3, -0.25) is 0 Å². The zero-order valence-electron chi connectivity index (χ0n) is 12.5. The largest absolute Gasteiger partial charge is 0.0616 e. The molecule has 0 fully saturated rings. The van der Waals surface area contributed by atoms with Gasteiger partial charge in [-0.25, -0.2) is 0 Å². The fraction of sp³-hybridized carbons (Fsp3) is 0.143. The molecule has 0 atom stereocenters. The number of fused-ring (bicyclic) bond motifs is 4. The van der Waals surface area contributed by atoms with Gasteiger partial charge in [0.2, 0.25) is 0 Å². The summed E-state index contributed by atoms with van der Waals surface area (Å²) in [5, 5.41) is 8.32. The van der Waals surface area contributed by atoms with E-state index in [1.54, 1.807) is 0 Å². The Morgan fingerprint density at radius 1 is 0.667 bits per heavy atom. The van der Waals surface area contributed by atoms with Crippen molar-refractivity contribution in [1.29, 1.82) is 0 Å². The Kier molecular flexibility index (Phi) is 2.71. The van der Waals surface area contributed by atoms with Crippen LogP contribution in [-0.2, 0) is 6.42 Å². The van der Waals surface area contributed by atoms with E-state index in [9.17, 15) is 0 Å². The van der Waals surface area contributed by atoms with Gasteiger partial charge in [-0.1, -0.05) is 67.6 Å². The van der Waals surface area contributed by atoms with Crippen LogP contribution in [0.3, 0.4) is 0 Å². The SMILES string of the molecule is CCc1c2ccccc2c(C)c2ccc3ccccc3c12. The van der Waals surface area contributed by atoms with Gasteiger partial charge < -0.3 is 0 Å². The van der Waals surface area contributed by atoms with Gasteiger partial charge in [-0.05, 0) is 56.8 Å². The Labute approximate surface area is 125 Å². The van der Waals surface area contributed by atoms with Gasteiger partial charge in [0.1, 0.15) is 0 Å². The maximum absolute atomic E-state index is 2.29. The summed E-state index contributed by atoms with van der Waals surface area (Å²) in [5.41, 5.74) is 2.87. The molecule has 0 amide bonds. The molecule has 0 bridgehead atoms. The van der Waals surface area contributed by atoms with Crippen molar-refractivity contribution in [3.63, 3.8) is 0 Å². The van der Waals surface area contributed by atoms with Crippen LogP contribution in [0.25, 0.3) is 32.3 Å². The molecule has 4 aromatic rings. The number of rotatable bonds is 1. The molecule has 0 saturated carbocycles. The van der Waals surface area contributed by atoms with E-state index in [-0.39, 0.29) is 0 Å². The second-order valence-corrected chi connectivity index (χ2v) is 5.71. The number of hydrogen-bond donors (Lipinski definition) is 0. The van der Waals surface area contributed by atoms with Crippen molar-refractivity contribution < 1.29 is 0 Å². The predicted molar refractivity (Wildman–Crippen MR) is 93.1 cm³/mol. The van der Waals surface area contributed by atoms with E-state index in [4.69, 9.17) is 0 Å². The molecule has 0 saturated heterocycles. The molecule has 0 unspecified atom stereocenters. The predicted octanol–water partition coefficient (Wildman–Crippen LogP) is 6.02. The highest BCUT2D eigenvalue weighted by Crippen LogP contribution is 2.36. The van der Waals surface area contributed by atoms with Crippen molar-refractivity contribution in [1.82, 2.24) is 0 Å². The summed E-state index contributed by atoms with van der Waals surface area (Å²) in [6.45, 7) is 4.51. The average molecular weight is 270 g/mol. The maximum atomic E-state index is 2.29. The zero-order valence-corrected chi connectivity index (χ0v) is 12.5. The second kappa shape index (κ2) is 4.60. The van der Waals surface area contributed by atoms with E-state index in [1.165, 1.54) is 43.4 Å². The van der Waals surface area contributed by atoms with Crippen molar-refractivity contribution in [3.05, 3.63) is 71.8 Å². The highest BCUT2D eigenvalue weighted by molar-refractivity contribution is 6.16. The molecule has 0 radical (unpaired) electrons. The van der Waals surface area contributed by atoms with Crippen molar-refractivity contribution in [3.8, 4) is 0 Å².